The van der Waals surface area contributed by atoms with Crippen molar-refractivity contribution in [2.75, 3.05) is 0 Å². The van der Waals surface area contributed by atoms with E-state index in [4.69, 9.17) is 0 Å². The van der Waals surface area contributed by atoms with Gasteiger partial charge in [-0.05, 0) is 40.3 Å². The number of nitrogens with zero attached hydrogens (tertiary/aromatic N) is 1. The summed E-state index contributed by atoms with van der Waals surface area (Å²) >= 11 is 1.89. The minimum Gasteiger partial charge on any atom is -0.206 e. The molecule has 0 spiro atoms. The quantitative estimate of drug-likeness (QED) is 0.597. The second kappa shape index (κ2) is 3.75. The predicted molar refractivity (Wildman–Crippen MR) is 48.6 cm³/mol. The van der Waals surface area contributed by atoms with E-state index in [1.807, 2.05) is 22.6 Å². The van der Waals surface area contributed by atoms with Gasteiger partial charge in [0.25, 0.3) is 0 Å². The molecule has 0 unspecified atom stereocenters. The average molecular weight is 265 g/mol. The third kappa shape index (κ3) is 2.21. The van der Waals surface area contributed by atoms with Crippen LogP contribution in [0.15, 0.2) is 23.4 Å². The molecule has 0 fully saturated rings. The lowest BCUT2D eigenvalue weighted by atomic mass is 10.2. The van der Waals surface area contributed by atoms with Gasteiger partial charge in [0.1, 0.15) is 12.4 Å². The summed E-state index contributed by atoms with van der Waals surface area (Å²) in [7, 11) is 0. The minimum atomic E-state index is -0.299. The van der Waals surface area contributed by atoms with Gasteiger partial charge in [0.15, 0.2) is 0 Å². The van der Waals surface area contributed by atoms with E-state index >= 15 is 0 Å². The van der Waals surface area contributed by atoms with Gasteiger partial charge in [-0.25, -0.2) is 4.39 Å². The summed E-state index contributed by atoms with van der Waals surface area (Å²) in [5.41, 5.74) is 0.609. The molecule has 1 aromatic rings. The molecule has 0 N–H and O–H groups in total. The summed E-state index contributed by atoms with van der Waals surface area (Å²) in [5, 5.41) is 2.66. The molecular weight excluding hydrogens is 260 g/mol. The SMILES string of the molecule is O=NCc1ccc(I)c(F)c1. The number of benzene rings is 1. The Labute approximate surface area is 76.9 Å². The molecule has 0 aliphatic carbocycles. The number of nitroso groups, excluding NO2 is 1. The molecule has 0 radical (unpaired) electrons. The Morgan fingerprint density at radius 1 is 1.55 bits per heavy atom. The normalized spacial score (nSPS) is 9.64. The van der Waals surface area contributed by atoms with Gasteiger partial charge in [-0.3, -0.25) is 0 Å². The fourth-order valence-electron chi connectivity index (χ4n) is 0.713. The minimum absolute atomic E-state index is 0.0356. The fourth-order valence-corrected chi connectivity index (χ4v) is 1.05. The fraction of sp³-hybridized carbons (Fsp3) is 0.143. The van der Waals surface area contributed by atoms with E-state index in [1.54, 1.807) is 12.1 Å². The van der Waals surface area contributed by atoms with E-state index in [0.29, 0.717) is 9.13 Å². The van der Waals surface area contributed by atoms with E-state index in [9.17, 15) is 9.30 Å². The second-order valence-electron chi connectivity index (χ2n) is 2.04. The zero-order valence-corrected chi connectivity index (χ0v) is 7.71. The van der Waals surface area contributed by atoms with E-state index in [0.717, 1.165) is 0 Å². The molecule has 0 saturated carbocycles. The molecule has 0 aromatic heterocycles. The van der Waals surface area contributed by atoms with Crippen molar-refractivity contribution in [2.24, 2.45) is 5.18 Å². The molecule has 1 rings (SSSR count). The van der Waals surface area contributed by atoms with Crippen LogP contribution >= 0.6 is 22.6 Å². The van der Waals surface area contributed by atoms with Gasteiger partial charge in [-0.15, -0.1) is 0 Å². The second-order valence-corrected chi connectivity index (χ2v) is 3.20. The first-order chi connectivity index (χ1) is 5.24. The number of rotatable bonds is 2. The highest BCUT2D eigenvalue weighted by molar-refractivity contribution is 14.1. The van der Waals surface area contributed by atoms with Crippen molar-refractivity contribution in [2.45, 2.75) is 6.54 Å². The van der Waals surface area contributed by atoms with Crippen molar-refractivity contribution < 1.29 is 4.39 Å². The summed E-state index contributed by atoms with van der Waals surface area (Å²) in [6.07, 6.45) is 0. The summed E-state index contributed by atoms with van der Waals surface area (Å²) in [4.78, 5) is 9.80. The topological polar surface area (TPSA) is 29.4 Å². The third-order valence-corrected chi connectivity index (χ3v) is 2.11. The molecule has 58 valence electrons. The third-order valence-electron chi connectivity index (χ3n) is 1.23. The van der Waals surface area contributed by atoms with Crippen LogP contribution in [-0.2, 0) is 6.54 Å². The maximum atomic E-state index is 12.8. The van der Waals surface area contributed by atoms with Crippen LogP contribution in [0.1, 0.15) is 5.56 Å². The Kier molecular flexibility index (Phi) is 2.92. The first-order valence-corrected chi connectivity index (χ1v) is 4.05. The highest BCUT2D eigenvalue weighted by Gasteiger charge is 1.99. The zero-order valence-electron chi connectivity index (χ0n) is 5.55. The standard InChI is InChI=1S/C7H5FINO/c8-6-3-5(4-10-11)1-2-7(6)9/h1-3H,4H2. The lowest BCUT2D eigenvalue weighted by Crippen LogP contribution is -1.85. The van der Waals surface area contributed by atoms with Crippen molar-refractivity contribution in [1.29, 1.82) is 0 Å². The van der Waals surface area contributed by atoms with Crippen LogP contribution in [0, 0.1) is 14.3 Å². The molecule has 0 heterocycles. The Morgan fingerprint density at radius 2 is 2.27 bits per heavy atom. The van der Waals surface area contributed by atoms with Gasteiger partial charge in [-0.1, -0.05) is 11.2 Å². The number of hydrogen-bond donors (Lipinski definition) is 0. The van der Waals surface area contributed by atoms with Crippen LogP contribution in [0.5, 0.6) is 0 Å². The Balaban J connectivity index is 2.95. The van der Waals surface area contributed by atoms with Crippen molar-refractivity contribution in [3.05, 3.63) is 38.1 Å². The lowest BCUT2D eigenvalue weighted by molar-refractivity contribution is 0.618. The monoisotopic (exact) mass is 265 g/mol. The Hall–Kier alpha value is -0.520. The van der Waals surface area contributed by atoms with Crippen molar-refractivity contribution in [3.8, 4) is 0 Å². The first-order valence-electron chi connectivity index (χ1n) is 2.97. The average Bonchev–Trinajstić information content (AvgIpc) is 1.98. The van der Waals surface area contributed by atoms with Crippen LogP contribution in [0.2, 0.25) is 0 Å². The zero-order chi connectivity index (χ0) is 8.27. The van der Waals surface area contributed by atoms with Gasteiger partial charge in [-0.2, -0.15) is 4.91 Å². The highest BCUT2D eigenvalue weighted by atomic mass is 127. The molecular formula is C7H5FINO. The molecule has 0 aliphatic rings. The molecule has 2 nitrogen and oxygen atoms in total. The molecule has 0 atom stereocenters. The Bertz CT molecular complexity index is 277. The molecule has 0 bridgehead atoms. The summed E-state index contributed by atoms with van der Waals surface area (Å²) < 4.78 is 13.3. The number of halogens is 2. The van der Waals surface area contributed by atoms with Gasteiger partial charge < -0.3 is 0 Å². The first kappa shape index (κ1) is 8.58. The van der Waals surface area contributed by atoms with Gasteiger partial charge in [0, 0.05) is 3.57 Å². The number of hydrogen-bond acceptors (Lipinski definition) is 2. The lowest BCUT2D eigenvalue weighted by Gasteiger charge is -1.95. The van der Waals surface area contributed by atoms with Crippen LogP contribution in [0.25, 0.3) is 0 Å². The van der Waals surface area contributed by atoms with Gasteiger partial charge in [0.2, 0.25) is 0 Å². The van der Waals surface area contributed by atoms with Crippen LogP contribution in [-0.4, -0.2) is 0 Å². The van der Waals surface area contributed by atoms with Gasteiger partial charge >= 0.3 is 0 Å². The molecule has 0 saturated heterocycles. The van der Waals surface area contributed by atoms with Gasteiger partial charge in [0.05, 0.1) is 0 Å². The molecule has 11 heavy (non-hydrogen) atoms. The van der Waals surface area contributed by atoms with Crippen molar-refractivity contribution in [1.82, 2.24) is 0 Å². The summed E-state index contributed by atoms with van der Waals surface area (Å²) in [6, 6.07) is 4.63. The van der Waals surface area contributed by atoms with Crippen LogP contribution in [0.4, 0.5) is 4.39 Å². The van der Waals surface area contributed by atoms with E-state index in [2.05, 4.69) is 5.18 Å². The highest BCUT2D eigenvalue weighted by Crippen LogP contribution is 2.12. The summed E-state index contributed by atoms with van der Waals surface area (Å²) in [6.45, 7) is 0.0356. The maximum Gasteiger partial charge on any atom is 0.136 e. The molecule has 0 aliphatic heterocycles. The van der Waals surface area contributed by atoms with E-state index in [1.165, 1.54) is 6.07 Å². The maximum absolute atomic E-state index is 12.8. The Morgan fingerprint density at radius 3 is 2.82 bits per heavy atom. The van der Waals surface area contributed by atoms with E-state index < -0.39 is 0 Å². The smallest absolute Gasteiger partial charge is 0.136 e. The van der Waals surface area contributed by atoms with Crippen molar-refractivity contribution >= 4 is 22.6 Å². The summed E-state index contributed by atoms with van der Waals surface area (Å²) in [5.74, 6) is -0.299. The molecule has 4 heteroatoms. The van der Waals surface area contributed by atoms with Crippen LogP contribution in [0.3, 0.4) is 0 Å². The van der Waals surface area contributed by atoms with Crippen molar-refractivity contribution in [3.63, 3.8) is 0 Å². The molecule has 1 aromatic carbocycles. The molecule has 0 amide bonds. The largest absolute Gasteiger partial charge is 0.206 e. The predicted octanol–water partition coefficient (Wildman–Crippen LogP) is 2.70. The van der Waals surface area contributed by atoms with E-state index in [-0.39, 0.29) is 12.4 Å². The van der Waals surface area contributed by atoms with Crippen LogP contribution < -0.4 is 0 Å².